The number of quaternary nitrogens is 1. The number of rotatable bonds is 6. The minimum Gasteiger partial charge on any atom is -0.469 e. The Labute approximate surface area is 168 Å². The molecule has 0 spiro atoms. The maximum Gasteiger partial charge on any atom is 0.309 e. The van der Waals surface area contributed by atoms with E-state index in [4.69, 9.17) is 27.9 Å². The van der Waals surface area contributed by atoms with Crippen LogP contribution in [0.2, 0.25) is 10.0 Å². The number of halogens is 2. The lowest BCUT2D eigenvalue weighted by molar-refractivity contribution is -0.898. The lowest BCUT2D eigenvalue weighted by atomic mass is 9.97. The van der Waals surface area contributed by atoms with Crippen molar-refractivity contribution in [2.45, 2.75) is 12.8 Å². The van der Waals surface area contributed by atoms with Crippen LogP contribution in [0.4, 0.5) is 5.69 Å². The molecule has 0 radical (unpaired) electrons. The molecular weight excluding hydrogens is 393 g/mol. The van der Waals surface area contributed by atoms with E-state index in [1.165, 1.54) is 12.0 Å². The quantitative estimate of drug-likeness (QED) is 0.673. The van der Waals surface area contributed by atoms with Crippen molar-refractivity contribution in [2.75, 3.05) is 45.7 Å². The maximum atomic E-state index is 12.4. The highest BCUT2D eigenvalue weighted by molar-refractivity contribution is 6.39. The number of likely N-dealkylation sites (N-methyl/N-ethyl adjacent to an activating group) is 1. The summed E-state index contributed by atoms with van der Waals surface area (Å²) in [6.07, 6.45) is 1.40. The van der Waals surface area contributed by atoms with E-state index in [0.717, 1.165) is 18.0 Å². The highest BCUT2D eigenvalue weighted by Crippen LogP contribution is 2.29. The van der Waals surface area contributed by atoms with Crippen LogP contribution in [-0.4, -0.2) is 63.0 Å². The topological polar surface area (TPSA) is 80.2 Å². The number of likely N-dealkylation sites (tertiary alicyclic amines) is 1. The fourth-order valence-electron chi connectivity index (χ4n) is 3.05. The van der Waals surface area contributed by atoms with Crippen molar-refractivity contribution in [3.8, 4) is 0 Å². The number of methoxy groups -OCH3 is 1. The molecule has 1 aromatic rings. The zero-order chi connectivity index (χ0) is 20.0. The molecule has 1 heterocycles. The van der Waals surface area contributed by atoms with E-state index in [0.29, 0.717) is 28.6 Å². The van der Waals surface area contributed by atoms with Gasteiger partial charge in [-0.2, -0.15) is 0 Å². The number of nitrogens with zero attached hydrogens (tertiary/aromatic N) is 1. The fourth-order valence-corrected chi connectivity index (χ4v) is 3.55. The van der Waals surface area contributed by atoms with Gasteiger partial charge in [-0.3, -0.25) is 14.4 Å². The summed E-state index contributed by atoms with van der Waals surface area (Å²) in [5, 5.41) is 3.31. The molecule has 2 amide bonds. The van der Waals surface area contributed by atoms with Gasteiger partial charge in [0, 0.05) is 19.9 Å². The summed E-state index contributed by atoms with van der Waals surface area (Å²) in [4.78, 5) is 38.6. The summed E-state index contributed by atoms with van der Waals surface area (Å²) in [5.41, 5.74) is 0.335. The third-order valence-corrected chi connectivity index (χ3v) is 5.29. The van der Waals surface area contributed by atoms with E-state index >= 15 is 0 Å². The van der Waals surface area contributed by atoms with Gasteiger partial charge in [0.2, 0.25) is 5.91 Å². The second-order valence-electron chi connectivity index (χ2n) is 6.62. The first-order chi connectivity index (χ1) is 12.8. The number of hydrogen-bond donors (Lipinski definition) is 2. The Morgan fingerprint density at radius 3 is 2.37 bits per heavy atom. The molecule has 1 aromatic carbocycles. The van der Waals surface area contributed by atoms with Gasteiger partial charge in [0.15, 0.2) is 6.54 Å². The Bertz CT molecular complexity index is 686. The van der Waals surface area contributed by atoms with Crippen molar-refractivity contribution in [3.05, 3.63) is 28.2 Å². The number of carbonyl (C=O) groups excluding carboxylic acids is 3. The van der Waals surface area contributed by atoms with Crippen molar-refractivity contribution < 1.29 is 24.0 Å². The Morgan fingerprint density at radius 1 is 1.22 bits per heavy atom. The van der Waals surface area contributed by atoms with Crippen LogP contribution in [0.1, 0.15) is 12.8 Å². The van der Waals surface area contributed by atoms with Gasteiger partial charge in [-0.15, -0.1) is 0 Å². The lowest BCUT2D eigenvalue weighted by Gasteiger charge is -2.28. The van der Waals surface area contributed by atoms with Gasteiger partial charge >= 0.3 is 5.97 Å². The summed E-state index contributed by atoms with van der Waals surface area (Å²) in [7, 11) is 2.97. The summed E-state index contributed by atoms with van der Waals surface area (Å²) in [6, 6.07) is 4.93. The van der Waals surface area contributed by atoms with Gasteiger partial charge < -0.3 is 19.9 Å². The first-order valence-electron chi connectivity index (χ1n) is 8.71. The highest BCUT2D eigenvalue weighted by atomic mass is 35.5. The van der Waals surface area contributed by atoms with Crippen molar-refractivity contribution in [2.24, 2.45) is 5.92 Å². The zero-order valence-electron chi connectivity index (χ0n) is 15.4. The molecule has 2 rings (SSSR count). The smallest absolute Gasteiger partial charge is 0.309 e. The number of hydrogen-bond acceptors (Lipinski definition) is 4. The molecule has 0 aliphatic carbocycles. The number of ether oxygens (including phenoxy) is 1. The van der Waals surface area contributed by atoms with Gasteiger partial charge in [-0.05, 0) is 12.1 Å². The van der Waals surface area contributed by atoms with Crippen LogP contribution < -0.4 is 10.2 Å². The summed E-state index contributed by atoms with van der Waals surface area (Å²) in [5.74, 6) is -0.785. The Balaban J connectivity index is 1.80. The van der Waals surface area contributed by atoms with Crippen molar-refractivity contribution >= 4 is 46.7 Å². The first-order valence-corrected chi connectivity index (χ1v) is 9.46. The van der Waals surface area contributed by atoms with Crippen LogP contribution in [0.15, 0.2) is 18.2 Å². The molecule has 1 fully saturated rings. The summed E-state index contributed by atoms with van der Waals surface area (Å²) < 4.78 is 4.77. The second-order valence-corrected chi connectivity index (χ2v) is 7.43. The standard InChI is InChI=1S/C18H23Cl2N3O4/c1-22(10-15(24)21-17-13(19)4-3-5-14(17)20)16(25)11-23-8-6-12(7-9-23)18(26)27-2/h3-5,12H,6-11H2,1-2H3,(H,21,24)/p+1. The molecule has 27 heavy (non-hydrogen) atoms. The summed E-state index contributed by atoms with van der Waals surface area (Å²) in [6.45, 7) is 1.63. The summed E-state index contributed by atoms with van der Waals surface area (Å²) >= 11 is 12.1. The normalized spacial score (nSPS) is 19.3. The fraction of sp³-hybridized carbons (Fsp3) is 0.500. The monoisotopic (exact) mass is 416 g/mol. The molecule has 0 bridgehead atoms. The molecule has 2 N–H and O–H groups in total. The van der Waals surface area contributed by atoms with Crippen LogP contribution >= 0.6 is 23.2 Å². The number of para-hydroxylation sites is 1. The van der Waals surface area contributed by atoms with Crippen molar-refractivity contribution in [3.63, 3.8) is 0 Å². The molecule has 148 valence electrons. The van der Waals surface area contributed by atoms with Gasteiger partial charge in [-0.25, -0.2) is 0 Å². The number of esters is 1. The van der Waals surface area contributed by atoms with Crippen LogP contribution in [0, 0.1) is 5.92 Å². The molecule has 0 saturated carbocycles. The van der Waals surface area contributed by atoms with Crippen LogP contribution in [-0.2, 0) is 19.1 Å². The predicted molar refractivity (Wildman–Crippen MR) is 103 cm³/mol. The van der Waals surface area contributed by atoms with Crippen LogP contribution in [0.5, 0.6) is 0 Å². The number of piperidine rings is 1. The SMILES string of the molecule is COC(=O)C1CC[NH+](CC(=O)N(C)CC(=O)Nc2c(Cl)cccc2Cl)CC1. The predicted octanol–water partition coefficient (Wildman–Crippen LogP) is 0.858. The Morgan fingerprint density at radius 2 is 1.81 bits per heavy atom. The molecule has 0 aromatic heterocycles. The third-order valence-electron chi connectivity index (χ3n) is 4.66. The molecule has 9 heteroatoms. The van der Waals surface area contributed by atoms with Gasteiger partial charge in [0.05, 0.1) is 48.4 Å². The number of nitrogens with one attached hydrogen (secondary N) is 2. The number of amides is 2. The molecule has 1 saturated heterocycles. The minimum atomic E-state index is -0.375. The first kappa shape index (κ1) is 21.5. The van der Waals surface area contributed by atoms with Crippen molar-refractivity contribution in [1.82, 2.24) is 4.90 Å². The molecular formula is C18H24Cl2N3O4+. The average Bonchev–Trinajstić information content (AvgIpc) is 2.64. The number of anilines is 1. The van der Waals surface area contributed by atoms with Crippen molar-refractivity contribution in [1.29, 1.82) is 0 Å². The Hall–Kier alpha value is -1.83. The van der Waals surface area contributed by atoms with Gasteiger partial charge in [-0.1, -0.05) is 29.3 Å². The number of benzene rings is 1. The van der Waals surface area contributed by atoms with E-state index in [2.05, 4.69) is 5.32 Å². The van der Waals surface area contributed by atoms with Gasteiger partial charge in [0.25, 0.3) is 5.91 Å². The largest absolute Gasteiger partial charge is 0.469 e. The highest BCUT2D eigenvalue weighted by Gasteiger charge is 2.29. The average molecular weight is 417 g/mol. The third kappa shape index (κ3) is 6.09. The van der Waals surface area contributed by atoms with E-state index < -0.39 is 0 Å². The second kappa shape index (κ2) is 9.92. The van der Waals surface area contributed by atoms with E-state index in [1.807, 2.05) is 0 Å². The van der Waals surface area contributed by atoms with Gasteiger partial charge in [0.1, 0.15) is 0 Å². The molecule has 1 aliphatic rings. The zero-order valence-corrected chi connectivity index (χ0v) is 16.9. The van der Waals surface area contributed by atoms with E-state index in [-0.39, 0.29) is 36.8 Å². The minimum absolute atomic E-state index is 0.0854. The Kier molecular flexibility index (Phi) is 7.89. The molecule has 1 aliphatic heterocycles. The molecule has 7 nitrogen and oxygen atoms in total. The van der Waals surface area contributed by atoms with Crippen LogP contribution in [0.25, 0.3) is 0 Å². The number of carbonyl (C=O) groups is 3. The van der Waals surface area contributed by atoms with Crippen LogP contribution in [0.3, 0.4) is 0 Å². The molecule has 0 atom stereocenters. The maximum absolute atomic E-state index is 12.4. The molecule has 0 unspecified atom stereocenters. The van der Waals surface area contributed by atoms with E-state index in [9.17, 15) is 14.4 Å². The van der Waals surface area contributed by atoms with E-state index in [1.54, 1.807) is 25.2 Å². The lowest BCUT2D eigenvalue weighted by Crippen LogP contribution is -3.14.